The minimum absolute atomic E-state index is 0.183. The number of imide groups is 1. The van der Waals surface area contributed by atoms with E-state index in [2.05, 4.69) is 0 Å². The van der Waals surface area contributed by atoms with Crippen LogP contribution < -0.4 is 9.80 Å². The molecule has 0 spiro atoms. The van der Waals surface area contributed by atoms with E-state index in [1.165, 1.54) is 12.1 Å². The molecule has 32 heavy (non-hydrogen) atoms. The van der Waals surface area contributed by atoms with Gasteiger partial charge in [0.2, 0.25) is 0 Å². The molecule has 7 nitrogen and oxygen atoms in total. The summed E-state index contributed by atoms with van der Waals surface area (Å²) in [6.45, 7) is -0.671. The summed E-state index contributed by atoms with van der Waals surface area (Å²) >= 11 is 5.99. The van der Waals surface area contributed by atoms with Crippen molar-refractivity contribution in [2.24, 2.45) is 0 Å². The minimum atomic E-state index is -4.81. The highest BCUT2D eigenvalue weighted by Gasteiger charge is 2.45. The average Bonchev–Trinajstić information content (AvgIpc) is 3.14. The quantitative estimate of drug-likeness (QED) is 0.652. The van der Waals surface area contributed by atoms with Crippen molar-refractivity contribution in [1.82, 2.24) is 0 Å². The lowest BCUT2D eigenvalue weighted by Gasteiger charge is -2.16. The topological polar surface area (TPSA) is 95.0 Å². The molecule has 3 amide bonds. The summed E-state index contributed by atoms with van der Waals surface area (Å²) in [6, 6.07) is 8.69. The van der Waals surface area contributed by atoms with Gasteiger partial charge in [-0.05, 0) is 36.0 Å². The number of carbonyl (C=O) groups excluding carboxylic acids is 3. The van der Waals surface area contributed by atoms with Crippen molar-refractivity contribution in [2.75, 3.05) is 16.3 Å². The molecule has 0 atom stereocenters. The number of rotatable bonds is 3. The van der Waals surface area contributed by atoms with Gasteiger partial charge < -0.3 is 5.11 Å². The predicted octanol–water partition coefficient (Wildman–Crippen LogP) is 4.40. The first-order chi connectivity index (χ1) is 15.0. The Kier molecular flexibility index (Phi) is 5.25. The maximum absolute atomic E-state index is 13.2. The van der Waals surface area contributed by atoms with E-state index in [0.717, 1.165) is 17.0 Å². The molecular weight excluding hydrogens is 473 g/mol. The molecular formula is C20H10ClF3N2O5S. The van der Waals surface area contributed by atoms with Gasteiger partial charge in [-0.3, -0.25) is 24.1 Å². The van der Waals surface area contributed by atoms with Crippen molar-refractivity contribution in [3.05, 3.63) is 63.5 Å². The predicted molar refractivity (Wildman–Crippen MR) is 110 cm³/mol. The summed E-state index contributed by atoms with van der Waals surface area (Å²) in [7, 11) is 0. The smallest absolute Gasteiger partial charge is 0.417 e. The fraction of sp³-hybridized carbons (Fsp3) is 0.100. The highest BCUT2D eigenvalue weighted by atomic mass is 35.5. The molecule has 0 bridgehead atoms. The number of carboxylic acid groups (broad SMARTS) is 1. The molecule has 2 aliphatic heterocycles. The number of benzene rings is 2. The second-order valence-corrected chi connectivity index (χ2v) is 8.05. The second-order valence-electron chi connectivity index (χ2n) is 6.68. The van der Waals surface area contributed by atoms with Crippen LogP contribution in [0.15, 0.2) is 47.4 Å². The number of hydrogen-bond acceptors (Lipinski definition) is 5. The molecule has 0 saturated carbocycles. The van der Waals surface area contributed by atoms with Crippen molar-refractivity contribution in [2.45, 2.75) is 6.18 Å². The lowest BCUT2D eigenvalue weighted by Crippen LogP contribution is -2.33. The highest BCUT2D eigenvalue weighted by molar-refractivity contribution is 8.19. The van der Waals surface area contributed by atoms with Gasteiger partial charge in [0.25, 0.3) is 17.1 Å². The van der Waals surface area contributed by atoms with E-state index >= 15 is 0 Å². The minimum Gasteiger partial charge on any atom is -0.480 e. The fourth-order valence-corrected chi connectivity index (χ4v) is 4.56. The van der Waals surface area contributed by atoms with Crippen LogP contribution in [0.2, 0.25) is 5.02 Å². The average molecular weight is 483 g/mol. The Morgan fingerprint density at radius 1 is 1.06 bits per heavy atom. The van der Waals surface area contributed by atoms with E-state index in [9.17, 15) is 32.3 Å². The van der Waals surface area contributed by atoms with E-state index < -0.39 is 46.3 Å². The first-order valence-corrected chi connectivity index (χ1v) is 10.0. The summed E-state index contributed by atoms with van der Waals surface area (Å²) in [5.74, 6) is -3.08. The maximum atomic E-state index is 13.2. The summed E-state index contributed by atoms with van der Waals surface area (Å²) in [6.07, 6.45) is -4.81. The van der Waals surface area contributed by atoms with Crippen LogP contribution in [0.3, 0.4) is 0 Å². The largest absolute Gasteiger partial charge is 0.480 e. The zero-order valence-electron chi connectivity index (χ0n) is 15.6. The zero-order valence-corrected chi connectivity index (χ0v) is 17.2. The van der Waals surface area contributed by atoms with Crippen LogP contribution in [0.5, 0.6) is 0 Å². The number of hydrogen-bond donors (Lipinski definition) is 1. The number of halogens is 4. The molecule has 0 unspecified atom stereocenters. The van der Waals surface area contributed by atoms with E-state index in [-0.39, 0.29) is 27.4 Å². The molecule has 1 N–H and O–H groups in total. The first kappa shape index (κ1) is 21.9. The standard InChI is InChI=1S/C20H10ClF3N2O5S/c21-12-6-5-9(7-11(12)20(22,23)24)26-18(30)16(32-19(26)31)15-10-3-1-2-4-13(10)25(17(15)29)8-14(27)28/h1-7H,8H2,(H,27,28)/b16-15-. The van der Waals surface area contributed by atoms with Crippen molar-refractivity contribution >= 4 is 63.3 Å². The number of amides is 3. The summed E-state index contributed by atoms with van der Waals surface area (Å²) in [5, 5.41) is 7.61. The van der Waals surface area contributed by atoms with Crippen LogP contribution in [0, 0.1) is 0 Å². The van der Waals surface area contributed by atoms with Crippen molar-refractivity contribution in [1.29, 1.82) is 0 Å². The van der Waals surface area contributed by atoms with E-state index in [4.69, 9.17) is 16.7 Å². The van der Waals surface area contributed by atoms with Crippen LogP contribution in [-0.2, 0) is 20.6 Å². The Bertz CT molecular complexity index is 1240. The number of nitrogens with zero attached hydrogens (tertiary/aromatic N) is 2. The summed E-state index contributed by atoms with van der Waals surface area (Å²) < 4.78 is 39.6. The number of para-hydroxylation sites is 1. The molecule has 0 aromatic heterocycles. The highest BCUT2D eigenvalue weighted by Crippen LogP contribution is 2.46. The Hall–Kier alpha value is -3.31. The number of thioether (sulfide) groups is 1. The molecule has 164 valence electrons. The molecule has 12 heteroatoms. The third-order valence-corrected chi connectivity index (χ3v) is 6.00. The van der Waals surface area contributed by atoms with Gasteiger partial charge >= 0.3 is 12.1 Å². The van der Waals surface area contributed by atoms with E-state index in [1.54, 1.807) is 12.1 Å². The van der Waals surface area contributed by atoms with Crippen LogP contribution in [0.4, 0.5) is 29.3 Å². The van der Waals surface area contributed by atoms with Gasteiger partial charge in [-0.15, -0.1) is 0 Å². The van der Waals surface area contributed by atoms with Gasteiger partial charge in [0.1, 0.15) is 6.54 Å². The zero-order chi connectivity index (χ0) is 23.4. The molecule has 2 heterocycles. The van der Waals surface area contributed by atoms with Crippen molar-refractivity contribution < 1.29 is 37.5 Å². The monoisotopic (exact) mass is 482 g/mol. The molecule has 2 aliphatic rings. The first-order valence-electron chi connectivity index (χ1n) is 8.81. The van der Waals surface area contributed by atoms with Gasteiger partial charge in [-0.2, -0.15) is 13.2 Å². The molecule has 0 radical (unpaired) electrons. The number of aliphatic carboxylic acids is 1. The molecule has 1 fully saturated rings. The molecule has 2 aromatic carbocycles. The van der Waals surface area contributed by atoms with Crippen LogP contribution in [0.25, 0.3) is 5.57 Å². The lowest BCUT2D eigenvalue weighted by atomic mass is 10.1. The van der Waals surface area contributed by atoms with Crippen molar-refractivity contribution in [3.63, 3.8) is 0 Å². The lowest BCUT2D eigenvalue weighted by molar-refractivity contribution is -0.137. The molecule has 0 aliphatic carbocycles. The van der Waals surface area contributed by atoms with Crippen LogP contribution in [0.1, 0.15) is 11.1 Å². The SMILES string of the molecule is O=C(O)CN1C(=O)/C(=C2\SC(=O)N(c3ccc(Cl)c(C(F)(F)F)c3)C2=O)c2ccccc21. The van der Waals surface area contributed by atoms with Gasteiger partial charge in [0.15, 0.2) is 0 Å². The fourth-order valence-electron chi connectivity index (χ4n) is 3.40. The molecule has 4 rings (SSSR count). The normalized spacial score (nSPS) is 18.6. The third-order valence-electron chi connectivity index (χ3n) is 4.73. The van der Waals surface area contributed by atoms with Gasteiger partial charge in [0.05, 0.1) is 32.4 Å². The number of carboxylic acids is 1. The second kappa shape index (κ2) is 7.68. The van der Waals surface area contributed by atoms with Gasteiger partial charge in [0, 0.05) is 5.56 Å². The number of fused-ring (bicyclic) bond motifs is 1. The maximum Gasteiger partial charge on any atom is 0.417 e. The Balaban J connectivity index is 1.81. The number of alkyl halides is 3. The summed E-state index contributed by atoms with van der Waals surface area (Å²) in [4.78, 5) is 50.9. The summed E-state index contributed by atoms with van der Waals surface area (Å²) in [5.41, 5.74) is -1.28. The van der Waals surface area contributed by atoms with E-state index in [1.807, 2.05) is 0 Å². The Morgan fingerprint density at radius 3 is 2.41 bits per heavy atom. The Labute approximate surface area is 187 Å². The Morgan fingerprint density at radius 2 is 1.75 bits per heavy atom. The van der Waals surface area contributed by atoms with E-state index in [0.29, 0.717) is 22.7 Å². The van der Waals surface area contributed by atoms with Crippen LogP contribution in [-0.4, -0.2) is 34.7 Å². The van der Waals surface area contributed by atoms with Gasteiger partial charge in [-0.1, -0.05) is 29.8 Å². The van der Waals surface area contributed by atoms with Crippen LogP contribution >= 0.6 is 23.4 Å². The number of anilines is 2. The number of carbonyl (C=O) groups is 4. The molecule has 2 aromatic rings. The van der Waals surface area contributed by atoms with Crippen molar-refractivity contribution in [3.8, 4) is 0 Å². The molecule has 1 saturated heterocycles. The third kappa shape index (κ3) is 3.53. The van der Waals surface area contributed by atoms with Gasteiger partial charge in [-0.25, -0.2) is 4.90 Å².